The molecule has 0 bridgehead atoms. The third-order valence-corrected chi connectivity index (χ3v) is 2.47. The summed E-state index contributed by atoms with van der Waals surface area (Å²) in [5.41, 5.74) is 0.545. The smallest absolute Gasteiger partial charge is 0.338 e. The molecule has 0 aliphatic heterocycles. The van der Waals surface area contributed by atoms with Crippen molar-refractivity contribution < 1.29 is 14.7 Å². The van der Waals surface area contributed by atoms with E-state index in [1.54, 1.807) is 12.1 Å². The van der Waals surface area contributed by atoms with Gasteiger partial charge in [-0.1, -0.05) is 32.7 Å². The Morgan fingerprint density at radius 3 is 2.73 bits per heavy atom. The van der Waals surface area contributed by atoms with Crippen molar-refractivity contribution in [2.45, 2.75) is 0 Å². The van der Waals surface area contributed by atoms with Crippen LogP contribution >= 0.6 is 27.5 Å². The van der Waals surface area contributed by atoms with Crippen LogP contribution in [0.15, 0.2) is 27.8 Å². The van der Waals surface area contributed by atoms with Gasteiger partial charge in [-0.05, 0) is 18.2 Å². The van der Waals surface area contributed by atoms with Gasteiger partial charge in [0.05, 0.1) is 12.7 Å². The van der Waals surface area contributed by atoms with E-state index in [9.17, 15) is 4.79 Å². The van der Waals surface area contributed by atoms with Crippen molar-refractivity contribution in [1.82, 2.24) is 0 Å². The van der Waals surface area contributed by atoms with Crippen LogP contribution in [0.4, 0.5) is 0 Å². The number of hydrogen-bond donors (Lipinski definition) is 1. The predicted octanol–water partition coefficient (Wildman–Crippen LogP) is 2.61. The molecule has 6 heteroatoms. The Morgan fingerprint density at radius 1 is 1.53 bits per heavy atom. The Hall–Kier alpha value is -1.07. The molecule has 0 atom stereocenters. The number of halogens is 2. The minimum Gasteiger partial charge on any atom is -0.465 e. The molecule has 0 fully saturated rings. The van der Waals surface area contributed by atoms with E-state index in [4.69, 9.17) is 16.8 Å². The molecule has 0 saturated carbocycles. The zero-order valence-electron chi connectivity index (χ0n) is 7.70. The third kappa shape index (κ3) is 2.70. The molecule has 0 aliphatic carbocycles. The third-order valence-electron chi connectivity index (χ3n) is 1.70. The van der Waals surface area contributed by atoms with E-state index in [-0.39, 0.29) is 10.7 Å². The highest BCUT2D eigenvalue weighted by Gasteiger charge is 2.15. The fourth-order valence-corrected chi connectivity index (χ4v) is 1.55. The van der Waals surface area contributed by atoms with Crippen molar-refractivity contribution in [1.29, 1.82) is 0 Å². The van der Waals surface area contributed by atoms with Crippen LogP contribution in [-0.2, 0) is 4.74 Å². The zero-order valence-corrected chi connectivity index (χ0v) is 10.0. The van der Waals surface area contributed by atoms with E-state index in [0.717, 1.165) is 0 Å². The van der Waals surface area contributed by atoms with Gasteiger partial charge in [0.15, 0.2) is 5.17 Å². The number of esters is 1. The molecule has 0 aliphatic rings. The van der Waals surface area contributed by atoms with Crippen molar-refractivity contribution in [3.63, 3.8) is 0 Å². The maximum absolute atomic E-state index is 11.3. The standard InChI is InChI=1S/C9H7BrClNO3/c1-15-9(13)6-3-2-5(10)4-7(6)8(11)12-14/h2-4,14H,1H3/b12-8-. The van der Waals surface area contributed by atoms with Gasteiger partial charge in [-0.2, -0.15) is 0 Å². The number of benzene rings is 1. The normalized spacial score (nSPS) is 11.3. The van der Waals surface area contributed by atoms with Gasteiger partial charge in [0.2, 0.25) is 0 Å². The number of carbonyl (C=O) groups excluding carboxylic acids is 1. The lowest BCUT2D eigenvalue weighted by Crippen LogP contribution is -2.08. The van der Waals surface area contributed by atoms with Crippen LogP contribution in [-0.4, -0.2) is 23.5 Å². The molecule has 0 aromatic heterocycles. The summed E-state index contributed by atoms with van der Waals surface area (Å²) < 4.78 is 5.28. The monoisotopic (exact) mass is 291 g/mol. The topological polar surface area (TPSA) is 58.9 Å². The lowest BCUT2D eigenvalue weighted by molar-refractivity contribution is 0.0600. The van der Waals surface area contributed by atoms with Crippen LogP contribution in [0.2, 0.25) is 0 Å². The summed E-state index contributed by atoms with van der Waals surface area (Å²) in [4.78, 5) is 11.3. The Labute approximate surface area is 99.6 Å². The quantitative estimate of drug-likeness (QED) is 0.394. The fourth-order valence-electron chi connectivity index (χ4n) is 1.03. The molecule has 0 amide bonds. The number of oxime groups is 1. The summed E-state index contributed by atoms with van der Waals surface area (Å²) >= 11 is 8.86. The second-order valence-corrected chi connectivity index (χ2v) is 3.85. The summed E-state index contributed by atoms with van der Waals surface area (Å²) in [6.45, 7) is 0. The molecule has 1 aromatic rings. The molecule has 15 heavy (non-hydrogen) atoms. The Kier molecular flexibility index (Phi) is 4.11. The average Bonchev–Trinajstić information content (AvgIpc) is 2.26. The fraction of sp³-hybridized carbons (Fsp3) is 0.111. The van der Waals surface area contributed by atoms with Crippen molar-refractivity contribution in [3.8, 4) is 0 Å². The molecule has 0 saturated heterocycles. The molecule has 1 rings (SSSR count). The van der Waals surface area contributed by atoms with Crippen LogP contribution in [0.1, 0.15) is 15.9 Å². The first-order valence-corrected chi connectivity index (χ1v) is 5.03. The van der Waals surface area contributed by atoms with Gasteiger partial charge < -0.3 is 9.94 Å². The van der Waals surface area contributed by atoms with Crippen molar-refractivity contribution >= 4 is 38.7 Å². The summed E-state index contributed by atoms with van der Waals surface area (Å²) in [5, 5.41) is 11.2. The zero-order chi connectivity index (χ0) is 11.4. The van der Waals surface area contributed by atoms with E-state index >= 15 is 0 Å². The average molecular weight is 293 g/mol. The van der Waals surface area contributed by atoms with E-state index in [2.05, 4.69) is 25.8 Å². The maximum atomic E-state index is 11.3. The SMILES string of the molecule is COC(=O)c1ccc(Br)cc1/C(Cl)=N/O. The van der Waals surface area contributed by atoms with Crippen molar-refractivity contribution in [2.24, 2.45) is 5.16 Å². The minimum atomic E-state index is -0.542. The van der Waals surface area contributed by atoms with Gasteiger partial charge in [-0.15, -0.1) is 0 Å². The number of ether oxygens (including phenoxy) is 1. The molecule has 1 N–H and O–H groups in total. The van der Waals surface area contributed by atoms with E-state index in [0.29, 0.717) is 10.0 Å². The number of rotatable bonds is 2. The Bertz CT molecular complexity index is 420. The van der Waals surface area contributed by atoms with Crippen LogP contribution < -0.4 is 0 Å². The molecule has 1 aromatic carbocycles. The highest BCUT2D eigenvalue weighted by atomic mass is 79.9. The summed E-state index contributed by atoms with van der Waals surface area (Å²) in [6.07, 6.45) is 0. The molecule has 0 unspecified atom stereocenters. The van der Waals surface area contributed by atoms with Crippen LogP contribution in [0, 0.1) is 0 Å². The summed E-state index contributed by atoms with van der Waals surface area (Å²) in [6, 6.07) is 4.75. The first kappa shape index (κ1) is 12.0. The number of nitrogens with zero attached hydrogens (tertiary/aromatic N) is 1. The first-order valence-electron chi connectivity index (χ1n) is 3.86. The highest BCUT2D eigenvalue weighted by molar-refractivity contribution is 9.10. The number of hydrogen-bond acceptors (Lipinski definition) is 4. The Morgan fingerprint density at radius 2 is 2.20 bits per heavy atom. The van der Waals surface area contributed by atoms with Gasteiger partial charge in [0.1, 0.15) is 0 Å². The molecule has 0 radical (unpaired) electrons. The summed E-state index contributed by atoms with van der Waals surface area (Å²) in [7, 11) is 1.26. The molecule has 0 heterocycles. The largest absolute Gasteiger partial charge is 0.465 e. The molecule has 0 spiro atoms. The van der Waals surface area contributed by atoms with E-state index < -0.39 is 5.97 Å². The lowest BCUT2D eigenvalue weighted by atomic mass is 10.1. The second kappa shape index (κ2) is 5.14. The van der Waals surface area contributed by atoms with Gasteiger partial charge in [-0.25, -0.2) is 4.79 Å². The number of carbonyl (C=O) groups is 1. The lowest BCUT2D eigenvalue weighted by Gasteiger charge is -2.05. The molecule has 80 valence electrons. The van der Waals surface area contributed by atoms with Crippen molar-refractivity contribution in [2.75, 3.05) is 7.11 Å². The number of methoxy groups -OCH3 is 1. The van der Waals surface area contributed by atoms with E-state index in [1.807, 2.05) is 0 Å². The highest BCUT2D eigenvalue weighted by Crippen LogP contribution is 2.19. The summed E-state index contributed by atoms with van der Waals surface area (Å²) in [5.74, 6) is -0.542. The van der Waals surface area contributed by atoms with Gasteiger partial charge in [0, 0.05) is 10.0 Å². The van der Waals surface area contributed by atoms with E-state index in [1.165, 1.54) is 13.2 Å². The van der Waals surface area contributed by atoms with Gasteiger partial charge >= 0.3 is 5.97 Å². The van der Waals surface area contributed by atoms with Gasteiger partial charge in [0.25, 0.3) is 0 Å². The van der Waals surface area contributed by atoms with Crippen LogP contribution in [0.25, 0.3) is 0 Å². The predicted molar refractivity (Wildman–Crippen MR) is 59.7 cm³/mol. The van der Waals surface area contributed by atoms with Crippen LogP contribution in [0.5, 0.6) is 0 Å². The maximum Gasteiger partial charge on any atom is 0.338 e. The van der Waals surface area contributed by atoms with Crippen LogP contribution in [0.3, 0.4) is 0 Å². The first-order chi connectivity index (χ1) is 7.10. The molecular formula is C9H7BrClNO3. The molecule has 4 nitrogen and oxygen atoms in total. The van der Waals surface area contributed by atoms with Crippen molar-refractivity contribution in [3.05, 3.63) is 33.8 Å². The minimum absolute atomic E-state index is 0.170. The Balaban J connectivity index is 3.33. The van der Waals surface area contributed by atoms with Gasteiger partial charge in [-0.3, -0.25) is 0 Å². The molecular weight excluding hydrogens is 285 g/mol. The second-order valence-electron chi connectivity index (χ2n) is 2.57.